The minimum atomic E-state index is -0.152. The van der Waals surface area contributed by atoms with Crippen molar-refractivity contribution < 1.29 is 0 Å². The highest BCUT2D eigenvalue weighted by Crippen LogP contribution is 1.81. The first-order valence-corrected chi connectivity index (χ1v) is 7.05. The summed E-state index contributed by atoms with van der Waals surface area (Å²) in [6.07, 6.45) is 0. The Morgan fingerprint density at radius 3 is 2.75 bits per heavy atom. The summed E-state index contributed by atoms with van der Waals surface area (Å²) in [6, 6.07) is 11.2. The van der Waals surface area contributed by atoms with Gasteiger partial charge in [-0.05, 0) is 6.07 Å². The summed E-state index contributed by atoms with van der Waals surface area (Å²) in [6.45, 7) is 0. The molecule has 0 unspecified atom stereocenters. The topological polar surface area (TPSA) is 0 Å². The van der Waals surface area contributed by atoms with Crippen molar-refractivity contribution in [3.05, 3.63) is 30.3 Å². The van der Waals surface area contributed by atoms with Gasteiger partial charge in [-0.1, -0.05) is 24.3 Å². The van der Waals surface area contributed by atoms with Crippen molar-refractivity contribution >= 4 is 34.8 Å². The molecule has 1 aromatic rings. The molecule has 1 radical (unpaired) electrons. The lowest BCUT2D eigenvalue weighted by Gasteiger charge is -1.86. The van der Waals surface area contributed by atoms with Crippen molar-refractivity contribution in [2.75, 3.05) is 0 Å². The lowest BCUT2D eigenvalue weighted by atomic mass is 10.4. The summed E-state index contributed by atoms with van der Waals surface area (Å²) in [5, 5.41) is 0. The highest BCUT2D eigenvalue weighted by Gasteiger charge is 1.89. The van der Waals surface area contributed by atoms with Crippen LogP contribution in [0, 0.1) is 6.07 Å². The molecular weight excluding hydrogens is 176 g/mol. The molecule has 0 saturated heterocycles. The van der Waals surface area contributed by atoms with Gasteiger partial charge in [0.25, 0.3) is 0 Å². The van der Waals surface area contributed by atoms with E-state index in [1.807, 2.05) is 18.2 Å². The van der Waals surface area contributed by atoms with Crippen LogP contribution in [0.5, 0.6) is 0 Å². The van der Waals surface area contributed by atoms with E-state index in [4.69, 9.17) is 0 Å². The molecule has 0 aliphatic heterocycles. The van der Waals surface area contributed by atoms with Crippen LogP contribution in [0.3, 0.4) is 0 Å². The second-order valence-electron chi connectivity index (χ2n) is 1.52. The number of hydrogen-bond donors (Lipinski definition) is 0. The molecule has 0 nitrogen and oxygen atoms in total. The van der Waals surface area contributed by atoms with Gasteiger partial charge in [-0.3, -0.25) is 12.9 Å². The van der Waals surface area contributed by atoms with Gasteiger partial charge in [0.05, 0.1) is 0 Å². The molecule has 0 aromatic heterocycles. The minimum absolute atomic E-state index is 0.152. The summed E-state index contributed by atoms with van der Waals surface area (Å²) in [5.41, 5.74) is 0. The number of benzene rings is 1. The molecule has 0 spiro atoms. The average Bonchev–Trinajstić information content (AvgIpc) is 1.90. The predicted molar refractivity (Wildman–Crippen MR) is 39.6 cm³/mol. The predicted octanol–water partition coefficient (Wildman–Crippen LogP) is 1.13. The number of halogens is 1. The molecule has 0 atom stereocenters. The van der Waals surface area contributed by atoms with E-state index < -0.39 is 0 Å². The largest absolute Gasteiger partial charge is 0.507 e. The molecule has 0 N–H and O–H groups in total. The fourth-order valence-corrected chi connectivity index (χ4v) is 1.98. The van der Waals surface area contributed by atoms with Crippen LogP contribution in [0.25, 0.3) is 0 Å². The van der Waals surface area contributed by atoms with Crippen LogP contribution < -0.4 is 3.69 Å². The number of hydrogen-bond acceptors (Lipinski definition) is 0. The third-order valence-electron chi connectivity index (χ3n) is 0.917. The molecule has 2 heteroatoms. The van der Waals surface area contributed by atoms with E-state index in [1.165, 1.54) is 3.69 Å². The molecular formula is C6H4BrMg. The Morgan fingerprint density at radius 1 is 1.50 bits per heavy atom. The monoisotopic (exact) mass is 179 g/mol. The fourth-order valence-electron chi connectivity index (χ4n) is 0.514. The van der Waals surface area contributed by atoms with Gasteiger partial charge in [0.15, 0.2) is 0 Å². The normalized spacial score (nSPS) is 8.12. The maximum Gasteiger partial charge on any atom is 0.507 e. The maximum atomic E-state index is 3.47. The van der Waals surface area contributed by atoms with E-state index >= 15 is 0 Å². The van der Waals surface area contributed by atoms with E-state index in [0.29, 0.717) is 0 Å². The van der Waals surface area contributed by atoms with Crippen molar-refractivity contribution in [1.29, 1.82) is 0 Å². The van der Waals surface area contributed by atoms with Crippen molar-refractivity contribution in [2.45, 2.75) is 0 Å². The molecule has 0 amide bonds. The van der Waals surface area contributed by atoms with Crippen LogP contribution in [-0.2, 0) is 0 Å². The fraction of sp³-hybridized carbons (Fsp3) is 0. The van der Waals surface area contributed by atoms with E-state index in [2.05, 4.69) is 25.0 Å². The van der Waals surface area contributed by atoms with Gasteiger partial charge in [-0.2, -0.15) is 0 Å². The van der Waals surface area contributed by atoms with Gasteiger partial charge in [-0.25, -0.2) is 0 Å². The molecule has 0 aliphatic rings. The first-order chi connectivity index (χ1) is 3.93. The van der Waals surface area contributed by atoms with Gasteiger partial charge < -0.3 is 0 Å². The first-order valence-electron chi connectivity index (χ1n) is 2.45. The van der Waals surface area contributed by atoms with E-state index in [9.17, 15) is 0 Å². The molecule has 0 saturated carbocycles. The summed E-state index contributed by atoms with van der Waals surface area (Å²) >= 11 is 3.31. The van der Waals surface area contributed by atoms with Crippen LogP contribution in [0.1, 0.15) is 0 Å². The second kappa shape index (κ2) is 3.48. The Morgan fingerprint density at radius 2 is 2.38 bits per heavy atom. The van der Waals surface area contributed by atoms with Crippen LogP contribution in [-0.4, -0.2) is 18.2 Å². The summed E-state index contributed by atoms with van der Waals surface area (Å²) < 4.78 is 1.34. The van der Waals surface area contributed by atoms with Crippen LogP contribution >= 0.6 is 12.9 Å². The molecule has 1 rings (SSSR count). The Hall–Kier alpha value is 0.466. The van der Waals surface area contributed by atoms with E-state index in [0.717, 1.165) is 0 Å². The Kier molecular flexibility index (Phi) is 2.87. The summed E-state index contributed by atoms with van der Waals surface area (Å²) in [4.78, 5) is 0. The SMILES string of the molecule is [Br][Mg][c]1[c]cccc1. The quantitative estimate of drug-likeness (QED) is 0.568. The highest BCUT2D eigenvalue weighted by molar-refractivity contribution is 9.23. The minimum Gasteiger partial charge on any atom is -0.296 e. The lowest BCUT2D eigenvalue weighted by molar-refractivity contribution is 1.76. The first kappa shape index (κ1) is 6.58. The van der Waals surface area contributed by atoms with Crippen LogP contribution in [0.2, 0.25) is 0 Å². The molecule has 8 heavy (non-hydrogen) atoms. The van der Waals surface area contributed by atoms with Crippen LogP contribution in [0.4, 0.5) is 0 Å². The van der Waals surface area contributed by atoms with Gasteiger partial charge in [0.2, 0.25) is 0 Å². The molecule has 0 heterocycles. The molecule has 37 valence electrons. The zero-order chi connectivity index (χ0) is 5.82. The zero-order valence-electron chi connectivity index (χ0n) is 4.39. The highest BCUT2D eigenvalue weighted by atomic mass is 79.9. The smallest absolute Gasteiger partial charge is 0.296 e. The molecule has 0 fully saturated rings. The molecule has 0 bridgehead atoms. The van der Waals surface area contributed by atoms with Gasteiger partial charge in [-0.15, -0.1) is 3.69 Å². The van der Waals surface area contributed by atoms with Crippen molar-refractivity contribution in [3.8, 4) is 0 Å². The second-order valence-corrected chi connectivity index (χ2v) is 4.23. The molecule has 1 aromatic carbocycles. The Balaban J connectivity index is 2.83. The lowest BCUT2D eigenvalue weighted by Crippen LogP contribution is -2.05. The zero-order valence-corrected chi connectivity index (χ0v) is 7.39. The Bertz CT molecular complexity index is 150. The molecule has 0 aliphatic carbocycles. The van der Waals surface area contributed by atoms with Crippen molar-refractivity contribution in [3.63, 3.8) is 0 Å². The van der Waals surface area contributed by atoms with Gasteiger partial charge in [0, 0.05) is 0 Å². The average molecular weight is 180 g/mol. The standard InChI is InChI=1S/C6H4.BrH.Mg/c1-2-4-6-5-3-1;;/h1-4H;1H;/q;;+1/p-1. The maximum absolute atomic E-state index is 3.47. The van der Waals surface area contributed by atoms with Gasteiger partial charge >= 0.3 is 18.2 Å². The van der Waals surface area contributed by atoms with Crippen molar-refractivity contribution in [2.24, 2.45) is 0 Å². The van der Waals surface area contributed by atoms with Crippen LogP contribution in [0.15, 0.2) is 24.3 Å². The summed E-state index contributed by atoms with van der Waals surface area (Å²) in [7, 11) is 0. The van der Waals surface area contributed by atoms with E-state index in [-0.39, 0.29) is 18.2 Å². The summed E-state index contributed by atoms with van der Waals surface area (Å²) in [5.74, 6) is 0. The van der Waals surface area contributed by atoms with Gasteiger partial charge in [0.1, 0.15) is 0 Å². The number of rotatable bonds is 1. The van der Waals surface area contributed by atoms with E-state index in [1.54, 1.807) is 0 Å². The Labute approximate surface area is 64.9 Å². The third-order valence-corrected chi connectivity index (χ3v) is 3.46. The van der Waals surface area contributed by atoms with Crippen molar-refractivity contribution in [1.82, 2.24) is 0 Å². The third kappa shape index (κ3) is 1.76.